The van der Waals surface area contributed by atoms with Gasteiger partial charge in [-0.25, -0.2) is 4.39 Å². The molecule has 1 aromatic rings. The summed E-state index contributed by atoms with van der Waals surface area (Å²) in [5, 5.41) is 0. The monoisotopic (exact) mass is 287 g/mol. The molecule has 0 N–H and O–H groups in total. The number of nitrogens with zero attached hydrogens (tertiary/aromatic N) is 1. The van der Waals surface area contributed by atoms with Gasteiger partial charge in [-0.1, -0.05) is 6.07 Å². The minimum Gasteiger partial charge on any atom is -0.352 e. The summed E-state index contributed by atoms with van der Waals surface area (Å²) in [7, 11) is 1.42. The summed E-state index contributed by atoms with van der Waals surface area (Å²) in [6, 6.07) is 3.05. The standard InChI is InChI=1S/C13H14BF4NO/c14-12(20)19-6-4-8(5-7-19)11-9(13(16,17)18)2-1-3-10(11)15/h1-3,8H,4-7,14H2. The van der Waals surface area contributed by atoms with Crippen LogP contribution >= 0.6 is 0 Å². The van der Waals surface area contributed by atoms with Gasteiger partial charge in [-0.3, -0.25) is 4.79 Å². The van der Waals surface area contributed by atoms with Crippen molar-refractivity contribution < 1.29 is 22.4 Å². The van der Waals surface area contributed by atoms with Crippen molar-refractivity contribution in [3.63, 3.8) is 0 Å². The van der Waals surface area contributed by atoms with Crippen molar-refractivity contribution in [3.8, 4) is 0 Å². The Hall–Kier alpha value is -1.53. The molecule has 1 aromatic carbocycles. The van der Waals surface area contributed by atoms with Gasteiger partial charge in [0.1, 0.15) is 5.82 Å². The zero-order valence-electron chi connectivity index (χ0n) is 11.0. The van der Waals surface area contributed by atoms with Crippen molar-refractivity contribution in [1.29, 1.82) is 0 Å². The lowest BCUT2D eigenvalue weighted by Crippen LogP contribution is -2.37. The molecule has 108 valence electrons. The number of rotatable bonds is 1. The minimum atomic E-state index is -4.56. The Morgan fingerprint density at radius 1 is 1.25 bits per heavy atom. The Morgan fingerprint density at radius 3 is 2.35 bits per heavy atom. The predicted molar refractivity (Wildman–Crippen MR) is 68.9 cm³/mol. The third kappa shape index (κ3) is 2.97. The van der Waals surface area contributed by atoms with Crippen LogP contribution in [0.4, 0.5) is 22.4 Å². The van der Waals surface area contributed by atoms with Gasteiger partial charge in [0.05, 0.1) is 5.56 Å². The highest BCUT2D eigenvalue weighted by Gasteiger charge is 2.37. The first-order chi connectivity index (χ1) is 9.30. The van der Waals surface area contributed by atoms with Crippen LogP contribution in [-0.4, -0.2) is 31.6 Å². The first-order valence-corrected chi connectivity index (χ1v) is 6.42. The minimum absolute atomic E-state index is 0.104. The van der Waals surface area contributed by atoms with Crippen molar-refractivity contribution in [2.45, 2.75) is 24.9 Å². The molecule has 0 spiro atoms. The van der Waals surface area contributed by atoms with Crippen LogP contribution in [-0.2, 0) is 6.18 Å². The summed E-state index contributed by atoms with van der Waals surface area (Å²) in [6.07, 6.45) is -3.86. The molecule has 0 saturated carbocycles. The van der Waals surface area contributed by atoms with Gasteiger partial charge in [0.2, 0.25) is 7.85 Å². The number of halogens is 4. The molecule has 20 heavy (non-hydrogen) atoms. The number of alkyl halides is 3. The Balaban J connectivity index is 2.28. The third-order valence-electron chi connectivity index (χ3n) is 3.71. The van der Waals surface area contributed by atoms with Crippen molar-refractivity contribution in [3.05, 3.63) is 35.1 Å². The maximum atomic E-state index is 13.8. The van der Waals surface area contributed by atoms with E-state index in [1.54, 1.807) is 4.90 Å². The fourth-order valence-corrected chi connectivity index (χ4v) is 2.68. The predicted octanol–water partition coefficient (Wildman–Crippen LogP) is 2.78. The molecule has 1 fully saturated rings. The van der Waals surface area contributed by atoms with E-state index in [0.29, 0.717) is 25.9 Å². The number of piperidine rings is 1. The average molecular weight is 287 g/mol. The second-order valence-electron chi connectivity index (χ2n) is 4.98. The van der Waals surface area contributed by atoms with Crippen LogP contribution in [0.2, 0.25) is 0 Å². The lowest BCUT2D eigenvalue weighted by Gasteiger charge is -2.33. The van der Waals surface area contributed by atoms with Crippen molar-refractivity contribution in [1.82, 2.24) is 4.90 Å². The summed E-state index contributed by atoms with van der Waals surface area (Å²) >= 11 is 0. The van der Waals surface area contributed by atoms with E-state index in [4.69, 9.17) is 0 Å². The average Bonchev–Trinajstić information content (AvgIpc) is 2.37. The molecule has 1 amide bonds. The molecular weight excluding hydrogens is 273 g/mol. The van der Waals surface area contributed by atoms with Crippen molar-refractivity contribution >= 4 is 13.7 Å². The lowest BCUT2D eigenvalue weighted by atomic mass is 9.85. The molecule has 0 radical (unpaired) electrons. The van der Waals surface area contributed by atoms with Crippen LogP contribution in [0.3, 0.4) is 0 Å². The van der Waals surface area contributed by atoms with E-state index in [1.807, 2.05) is 0 Å². The van der Waals surface area contributed by atoms with Crippen LogP contribution < -0.4 is 0 Å². The quantitative estimate of drug-likeness (QED) is 0.574. The van der Waals surface area contributed by atoms with E-state index in [1.165, 1.54) is 7.85 Å². The van der Waals surface area contributed by atoms with E-state index in [2.05, 4.69) is 0 Å². The number of benzene rings is 1. The van der Waals surface area contributed by atoms with Crippen LogP contribution in [0.1, 0.15) is 29.9 Å². The van der Waals surface area contributed by atoms with E-state index < -0.39 is 23.5 Å². The topological polar surface area (TPSA) is 20.3 Å². The van der Waals surface area contributed by atoms with Gasteiger partial charge in [0, 0.05) is 18.7 Å². The molecular formula is C13H14BF4NO. The van der Waals surface area contributed by atoms with Gasteiger partial charge < -0.3 is 4.90 Å². The van der Waals surface area contributed by atoms with Crippen LogP contribution in [0.25, 0.3) is 0 Å². The van der Waals surface area contributed by atoms with Crippen LogP contribution in [0.15, 0.2) is 18.2 Å². The first kappa shape index (κ1) is 14.9. The molecule has 2 rings (SSSR count). The summed E-state index contributed by atoms with van der Waals surface area (Å²) in [4.78, 5) is 12.8. The Morgan fingerprint density at radius 2 is 1.85 bits per heavy atom. The largest absolute Gasteiger partial charge is 0.416 e. The number of likely N-dealkylation sites (tertiary alicyclic amines) is 1. The Labute approximate surface area is 115 Å². The van der Waals surface area contributed by atoms with E-state index in [0.717, 1.165) is 18.2 Å². The number of hydrogen-bond donors (Lipinski definition) is 0. The van der Waals surface area contributed by atoms with E-state index in [-0.39, 0.29) is 11.4 Å². The van der Waals surface area contributed by atoms with Gasteiger partial charge in [-0.15, -0.1) is 0 Å². The summed E-state index contributed by atoms with van der Waals surface area (Å²) in [5.74, 6) is -1.42. The normalized spacial score (nSPS) is 17.3. The SMILES string of the molecule is BC(=O)N1CCC(c2c(F)cccc2C(F)(F)F)CC1. The van der Waals surface area contributed by atoms with Crippen LogP contribution in [0, 0.1) is 5.82 Å². The molecule has 1 heterocycles. The van der Waals surface area contributed by atoms with E-state index >= 15 is 0 Å². The molecule has 0 unspecified atom stereocenters. The second kappa shape index (κ2) is 5.46. The molecule has 1 aliphatic rings. The summed E-state index contributed by atoms with van der Waals surface area (Å²) in [6.45, 7) is 0.733. The van der Waals surface area contributed by atoms with Crippen molar-refractivity contribution in [2.75, 3.05) is 13.1 Å². The van der Waals surface area contributed by atoms with E-state index in [9.17, 15) is 22.4 Å². The molecule has 7 heteroatoms. The second-order valence-corrected chi connectivity index (χ2v) is 4.98. The summed E-state index contributed by atoms with van der Waals surface area (Å²) < 4.78 is 52.7. The lowest BCUT2D eigenvalue weighted by molar-refractivity contribution is -0.138. The zero-order valence-corrected chi connectivity index (χ0v) is 11.0. The molecule has 2 nitrogen and oxygen atoms in total. The highest BCUT2D eigenvalue weighted by atomic mass is 19.4. The van der Waals surface area contributed by atoms with Gasteiger partial charge in [0.15, 0.2) is 5.81 Å². The zero-order chi connectivity index (χ0) is 14.9. The van der Waals surface area contributed by atoms with Gasteiger partial charge in [-0.2, -0.15) is 13.2 Å². The number of amides is 1. The molecule has 1 saturated heterocycles. The fourth-order valence-electron chi connectivity index (χ4n) is 2.68. The maximum absolute atomic E-state index is 13.8. The third-order valence-corrected chi connectivity index (χ3v) is 3.71. The molecule has 0 aliphatic carbocycles. The first-order valence-electron chi connectivity index (χ1n) is 6.42. The fraction of sp³-hybridized carbons (Fsp3) is 0.462. The Kier molecular flexibility index (Phi) is 4.06. The molecule has 0 aromatic heterocycles. The van der Waals surface area contributed by atoms with Gasteiger partial charge in [0.25, 0.3) is 0 Å². The van der Waals surface area contributed by atoms with Crippen molar-refractivity contribution in [2.24, 2.45) is 0 Å². The van der Waals surface area contributed by atoms with Crippen LogP contribution in [0.5, 0.6) is 0 Å². The highest BCUT2D eigenvalue weighted by molar-refractivity contribution is 6.56. The number of carbonyl (C=O) groups excluding carboxylic acids is 1. The van der Waals surface area contributed by atoms with Gasteiger partial charge >= 0.3 is 6.18 Å². The maximum Gasteiger partial charge on any atom is 0.416 e. The summed E-state index contributed by atoms with van der Waals surface area (Å²) in [5.41, 5.74) is -1.16. The number of hydrogen-bond acceptors (Lipinski definition) is 1. The number of carbonyl (C=O) groups is 1. The molecule has 0 bridgehead atoms. The molecule has 0 atom stereocenters. The highest BCUT2D eigenvalue weighted by Crippen LogP contribution is 2.39. The van der Waals surface area contributed by atoms with Gasteiger partial charge in [-0.05, 0) is 30.9 Å². The smallest absolute Gasteiger partial charge is 0.352 e. The Bertz CT molecular complexity index is 510. The molecule has 1 aliphatic heterocycles.